The maximum absolute atomic E-state index is 5.86. The number of nitrogens with zero attached hydrogens (tertiary/aromatic N) is 2. The first kappa shape index (κ1) is 14.1. The maximum Gasteiger partial charge on any atom is 0.160 e. The monoisotopic (exact) mass is 237 g/mol. The van der Waals surface area contributed by atoms with Crippen molar-refractivity contribution < 1.29 is 4.74 Å². The van der Waals surface area contributed by atoms with Crippen molar-refractivity contribution >= 4 is 0 Å². The molecule has 1 rings (SSSR count). The minimum atomic E-state index is -0.337. The van der Waals surface area contributed by atoms with Crippen LogP contribution in [-0.4, -0.2) is 23.1 Å². The van der Waals surface area contributed by atoms with E-state index in [1.165, 1.54) is 0 Å². The summed E-state index contributed by atoms with van der Waals surface area (Å²) < 4.78 is 5.86. The Bertz CT molecular complexity index is 320. The predicted octanol–water partition coefficient (Wildman–Crippen LogP) is 2.03. The molecule has 0 fully saturated rings. The molecule has 0 atom stereocenters. The second kappa shape index (κ2) is 6.67. The number of ether oxygens (including phenoxy) is 1. The molecule has 1 aromatic heterocycles. The summed E-state index contributed by atoms with van der Waals surface area (Å²) in [7, 11) is 0. The molecule has 2 N–H and O–H groups in total. The van der Waals surface area contributed by atoms with Crippen LogP contribution < -0.4 is 5.73 Å². The average Bonchev–Trinajstić information content (AvgIpc) is 2.38. The highest BCUT2D eigenvalue weighted by Crippen LogP contribution is 2.30. The standard InChI is InChI=1S/C13H23N3O/c1-4-13(5-2,17-6-3)12-15-9-11(7-8-14)10-16-12/h9-10H,4-8,14H2,1-3H3. The summed E-state index contributed by atoms with van der Waals surface area (Å²) in [5.74, 6) is 0.783. The molecule has 0 spiro atoms. The van der Waals surface area contributed by atoms with Crippen LogP contribution in [0.4, 0.5) is 0 Å². The van der Waals surface area contributed by atoms with E-state index in [1.807, 2.05) is 19.3 Å². The van der Waals surface area contributed by atoms with Crippen molar-refractivity contribution in [3.63, 3.8) is 0 Å². The summed E-state index contributed by atoms with van der Waals surface area (Å²) in [6, 6.07) is 0. The van der Waals surface area contributed by atoms with Crippen LogP contribution in [0.1, 0.15) is 45.0 Å². The van der Waals surface area contributed by atoms with Crippen molar-refractivity contribution in [2.45, 2.75) is 45.6 Å². The smallest absolute Gasteiger partial charge is 0.160 e. The first-order valence-corrected chi connectivity index (χ1v) is 6.37. The lowest BCUT2D eigenvalue weighted by Crippen LogP contribution is -2.30. The molecule has 17 heavy (non-hydrogen) atoms. The van der Waals surface area contributed by atoms with Crippen LogP contribution in [0.15, 0.2) is 12.4 Å². The van der Waals surface area contributed by atoms with E-state index in [2.05, 4.69) is 23.8 Å². The van der Waals surface area contributed by atoms with Crippen LogP contribution in [-0.2, 0) is 16.8 Å². The minimum Gasteiger partial charge on any atom is -0.367 e. The number of aromatic nitrogens is 2. The molecule has 1 heterocycles. The summed E-state index contributed by atoms with van der Waals surface area (Å²) in [6.07, 6.45) is 6.30. The zero-order chi connectivity index (χ0) is 12.7. The Balaban J connectivity index is 2.94. The van der Waals surface area contributed by atoms with Crippen LogP contribution in [0, 0.1) is 0 Å². The molecule has 0 aliphatic heterocycles. The summed E-state index contributed by atoms with van der Waals surface area (Å²) in [5, 5.41) is 0. The lowest BCUT2D eigenvalue weighted by molar-refractivity contribution is -0.0572. The van der Waals surface area contributed by atoms with Gasteiger partial charge in [0.15, 0.2) is 5.82 Å². The lowest BCUT2D eigenvalue weighted by Gasteiger charge is -2.29. The molecule has 0 saturated carbocycles. The molecular formula is C13H23N3O. The van der Waals surface area contributed by atoms with Crippen LogP contribution >= 0.6 is 0 Å². The van der Waals surface area contributed by atoms with Gasteiger partial charge in [0.25, 0.3) is 0 Å². The highest BCUT2D eigenvalue weighted by molar-refractivity contribution is 5.10. The highest BCUT2D eigenvalue weighted by Gasteiger charge is 2.31. The van der Waals surface area contributed by atoms with E-state index in [4.69, 9.17) is 10.5 Å². The van der Waals surface area contributed by atoms with Gasteiger partial charge in [-0.25, -0.2) is 9.97 Å². The first-order valence-electron chi connectivity index (χ1n) is 6.37. The van der Waals surface area contributed by atoms with Crippen LogP contribution in [0.2, 0.25) is 0 Å². The number of hydrogen-bond donors (Lipinski definition) is 1. The van der Waals surface area contributed by atoms with Gasteiger partial charge in [-0.2, -0.15) is 0 Å². The molecule has 0 bridgehead atoms. The molecule has 0 aromatic carbocycles. The first-order chi connectivity index (χ1) is 8.22. The SMILES string of the molecule is CCOC(CC)(CC)c1ncc(CCN)cn1. The summed E-state index contributed by atoms with van der Waals surface area (Å²) >= 11 is 0. The van der Waals surface area contributed by atoms with Gasteiger partial charge in [-0.05, 0) is 38.3 Å². The second-order valence-electron chi connectivity index (χ2n) is 4.09. The molecule has 0 amide bonds. The van der Waals surface area contributed by atoms with E-state index in [0.29, 0.717) is 13.2 Å². The van der Waals surface area contributed by atoms with Crippen molar-refractivity contribution in [3.8, 4) is 0 Å². The second-order valence-corrected chi connectivity index (χ2v) is 4.09. The molecule has 4 nitrogen and oxygen atoms in total. The van der Waals surface area contributed by atoms with Gasteiger partial charge < -0.3 is 10.5 Å². The largest absolute Gasteiger partial charge is 0.367 e. The summed E-state index contributed by atoms with van der Waals surface area (Å²) in [5.41, 5.74) is 6.24. The fourth-order valence-corrected chi connectivity index (χ4v) is 2.00. The van der Waals surface area contributed by atoms with Crippen molar-refractivity contribution in [3.05, 3.63) is 23.8 Å². The van der Waals surface area contributed by atoms with Gasteiger partial charge in [0, 0.05) is 19.0 Å². The summed E-state index contributed by atoms with van der Waals surface area (Å²) in [6.45, 7) is 7.52. The van der Waals surface area contributed by atoms with E-state index in [9.17, 15) is 0 Å². The molecule has 96 valence electrons. The van der Waals surface area contributed by atoms with Crippen molar-refractivity contribution in [2.75, 3.05) is 13.2 Å². The quantitative estimate of drug-likeness (QED) is 0.788. The van der Waals surface area contributed by atoms with Gasteiger partial charge in [0.2, 0.25) is 0 Å². The van der Waals surface area contributed by atoms with Gasteiger partial charge in [0.1, 0.15) is 5.60 Å². The molecule has 4 heteroatoms. The van der Waals surface area contributed by atoms with Gasteiger partial charge in [0.05, 0.1) is 0 Å². The minimum absolute atomic E-state index is 0.337. The van der Waals surface area contributed by atoms with Gasteiger partial charge in [-0.3, -0.25) is 0 Å². The van der Waals surface area contributed by atoms with Crippen LogP contribution in [0.25, 0.3) is 0 Å². The maximum atomic E-state index is 5.86. The van der Waals surface area contributed by atoms with Crippen molar-refractivity contribution in [1.82, 2.24) is 9.97 Å². The van der Waals surface area contributed by atoms with E-state index < -0.39 is 0 Å². The Morgan fingerprint density at radius 1 is 1.18 bits per heavy atom. The third-order valence-corrected chi connectivity index (χ3v) is 3.11. The third kappa shape index (κ3) is 3.23. The zero-order valence-corrected chi connectivity index (χ0v) is 11.1. The average molecular weight is 237 g/mol. The van der Waals surface area contributed by atoms with Gasteiger partial charge in [-0.15, -0.1) is 0 Å². The Hall–Kier alpha value is -1.00. The Kier molecular flexibility index (Phi) is 5.51. The third-order valence-electron chi connectivity index (χ3n) is 3.11. The molecule has 0 saturated heterocycles. The molecular weight excluding hydrogens is 214 g/mol. The highest BCUT2D eigenvalue weighted by atomic mass is 16.5. The fraction of sp³-hybridized carbons (Fsp3) is 0.692. The van der Waals surface area contributed by atoms with E-state index in [1.54, 1.807) is 0 Å². The molecule has 0 aliphatic rings. The Labute approximate surface area is 104 Å². The Morgan fingerprint density at radius 2 is 1.76 bits per heavy atom. The Morgan fingerprint density at radius 3 is 2.18 bits per heavy atom. The predicted molar refractivity (Wildman–Crippen MR) is 68.7 cm³/mol. The lowest BCUT2D eigenvalue weighted by atomic mass is 9.96. The zero-order valence-electron chi connectivity index (χ0n) is 11.1. The number of rotatable bonds is 7. The fourth-order valence-electron chi connectivity index (χ4n) is 2.00. The van der Waals surface area contributed by atoms with Crippen LogP contribution in [0.3, 0.4) is 0 Å². The van der Waals surface area contributed by atoms with Gasteiger partial charge >= 0.3 is 0 Å². The van der Waals surface area contributed by atoms with Crippen molar-refractivity contribution in [1.29, 1.82) is 0 Å². The number of hydrogen-bond acceptors (Lipinski definition) is 4. The van der Waals surface area contributed by atoms with Gasteiger partial charge in [-0.1, -0.05) is 13.8 Å². The molecule has 1 aromatic rings. The topological polar surface area (TPSA) is 61.0 Å². The van der Waals surface area contributed by atoms with E-state index in [-0.39, 0.29) is 5.60 Å². The van der Waals surface area contributed by atoms with Crippen molar-refractivity contribution in [2.24, 2.45) is 5.73 Å². The molecule has 0 aliphatic carbocycles. The van der Waals surface area contributed by atoms with E-state index >= 15 is 0 Å². The molecule has 0 radical (unpaired) electrons. The molecule has 0 unspecified atom stereocenters. The van der Waals surface area contributed by atoms with E-state index in [0.717, 1.165) is 30.7 Å². The summed E-state index contributed by atoms with van der Waals surface area (Å²) in [4.78, 5) is 8.88. The number of nitrogens with two attached hydrogens (primary N) is 1. The van der Waals surface area contributed by atoms with Crippen LogP contribution in [0.5, 0.6) is 0 Å². The normalized spacial score (nSPS) is 11.8.